The van der Waals surface area contributed by atoms with E-state index < -0.39 is 60.9 Å². The Morgan fingerprint density at radius 2 is 1.66 bits per heavy atom. The molecular weight excluding hydrogens is 494 g/mol. The number of nitrogens with one attached hydrogen (secondary N) is 2. The fourth-order valence-electron chi connectivity index (χ4n) is 2.92. The summed E-state index contributed by atoms with van der Waals surface area (Å²) in [5.41, 5.74) is 5.56. The summed E-state index contributed by atoms with van der Waals surface area (Å²) in [7, 11) is 0. The monoisotopic (exact) mass is 522 g/mol. The summed E-state index contributed by atoms with van der Waals surface area (Å²) in [5, 5.41) is 21.8. The van der Waals surface area contributed by atoms with Crippen LogP contribution in [0.4, 0.5) is 26.3 Å². The van der Waals surface area contributed by atoms with Crippen LogP contribution in [-0.2, 0) is 19.1 Å². The summed E-state index contributed by atoms with van der Waals surface area (Å²) in [5.74, 6) is -4.83. The van der Waals surface area contributed by atoms with Crippen LogP contribution in [0.15, 0.2) is 16.6 Å². The Kier molecular flexibility index (Phi) is 12.6. The van der Waals surface area contributed by atoms with Crippen molar-refractivity contribution in [2.75, 3.05) is 6.54 Å². The zero-order valence-electron chi connectivity index (χ0n) is 19.0. The van der Waals surface area contributed by atoms with Crippen LogP contribution in [0, 0.1) is 0 Å². The van der Waals surface area contributed by atoms with Gasteiger partial charge in [-0.3, -0.25) is 4.79 Å². The van der Waals surface area contributed by atoms with Gasteiger partial charge < -0.3 is 31.3 Å². The summed E-state index contributed by atoms with van der Waals surface area (Å²) in [6.45, 7) is 3.62. The van der Waals surface area contributed by atoms with Crippen LogP contribution in [0.25, 0.3) is 0 Å². The number of rotatable bonds is 8. The second kappa shape index (κ2) is 13.7. The second-order valence-corrected chi connectivity index (χ2v) is 7.34. The molecule has 0 saturated heterocycles. The Bertz CT molecular complexity index is 796. The molecule has 0 aromatic heterocycles. The molecule has 0 aromatic rings. The third-order valence-electron chi connectivity index (χ3n) is 4.50. The summed E-state index contributed by atoms with van der Waals surface area (Å²) < 4.78 is 74.7. The molecule has 35 heavy (non-hydrogen) atoms. The largest absolute Gasteiger partial charge is 0.490 e. The fourth-order valence-corrected chi connectivity index (χ4v) is 2.92. The number of aliphatic carboxylic acids is 2. The normalized spacial score (nSPS) is 20.9. The zero-order valence-corrected chi connectivity index (χ0v) is 19.0. The molecule has 1 amide bonds. The van der Waals surface area contributed by atoms with Crippen LogP contribution in [0.3, 0.4) is 0 Å². The van der Waals surface area contributed by atoms with Crippen LogP contribution in [0.1, 0.15) is 40.0 Å². The maximum absolute atomic E-state index is 12.3. The van der Waals surface area contributed by atoms with E-state index in [2.05, 4.69) is 15.6 Å². The van der Waals surface area contributed by atoms with Crippen molar-refractivity contribution in [2.24, 2.45) is 10.7 Å². The highest BCUT2D eigenvalue weighted by Gasteiger charge is 2.39. The molecule has 0 saturated carbocycles. The first-order valence-electron chi connectivity index (χ1n) is 10.2. The molecule has 0 bridgehead atoms. The Hall–Kier alpha value is -3.04. The number of carbonyl (C=O) groups is 3. The summed E-state index contributed by atoms with van der Waals surface area (Å²) in [4.78, 5) is 35.3. The summed E-state index contributed by atoms with van der Waals surface area (Å²) >= 11 is 0. The quantitative estimate of drug-likeness (QED) is 0.183. The van der Waals surface area contributed by atoms with Crippen LogP contribution >= 0.6 is 0 Å². The minimum Gasteiger partial charge on any atom is -0.478 e. The molecule has 0 radical (unpaired) electrons. The van der Waals surface area contributed by atoms with E-state index in [1.54, 1.807) is 0 Å². The molecule has 0 aromatic carbocycles. The maximum atomic E-state index is 12.3. The number of ether oxygens (including phenoxy) is 1. The molecule has 3 atom stereocenters. The van der Waals surface area contributed by atoms with Crippen molar-refractivity contribution >= 4 is 23.8 Å². The number of amides is 1. The number of nitrogens with zero attached hydrogens (tertiary/aromatic N) is 1. The van der Waals surface area contributed by atoms with Gasteiger partial charge in [-0.05, 0) is 18.9 Å². The van der Waals surface area contributed by atoms with Gasteiger partial charge in [0.2, 0.25) is 5.91 Å². The molecule has 202 valence electrons. The number of hydrogen-bond donors (Lipinski definition) is 5. The van der Waals surface area contributed by atoms with Gasteiger partial charge in [0, 0.05) is 18.9 Å². The molecule has 0 unspecified atom stereocenters. The van der Waals surface area contributed by atoms with Crippen molar-refractivity contribution in [1.29, 1.82) is 0 Å². The first-order chi connectivity index (χ1) is 15.9. The lowest BCUT2D eigenvalue weighted by Gasteiger charge is -2.38. The number of nitrogens with two attached hydrogens (primary N) is 1. The van der Waals surface area contributed by atoms with Gasteiger partial charge in [0.05, 0.1) is 24.3 Å². The summed E-state index contributed by atoms with van der Waals surface area (Å²) in [6.07, 6.45) is -7.90. The van der Waals surface area contributed by atoms with Gasteiger partial charge in [0.15, 0.2) is 5.96 Å². The topological polar surface area (TPSA) is 163 Å². The highest BCUT2D eigenvalue weighted by molar-refractivity contribution is 5.87. The van der Waals surface area contributed by atoms with Crippen molar-refractivity contribution in [3.05, 3.63) is 11.6 Å². The van der Waals surface area contributed by atoms with E-state index in [4.69, 9.17) is 20.4 Å². The maximum Gasteiger partial charge on any atom is 0.490 e. The molecule has 1 rings (SSSR count). The van der Waals surface area contributed by atoms with E-state index >= 15 is 0 Å². The van der Waals surface area contributed by atoms with Gasteiger partial charge >= 0.3 is 24.3 Å². The molecule has 0 aliphatic heterocycles. The van der Waals surface area contributed by atoms with Crippen LogP contribution in [-0.4, -0.2) is 77.2 Å². The van der Waals surface area contributed by atoms with E-state index in [-0.39, 0.29) is 18.1 Å². The molecule has 1 aliphatic rings. The lowest BCUT2D eigenvalue weighted by atomic mass is 9.87. The van der Waals surface area contributed by atoms with Crippen molar-refractivity contribution in [2.45, 2.75) is 76.7 Å². The molecular formula is C19H28F6N4O6. The second-order valence-electron chi connectivity index (χ2n) is 7.34. The lowest BCUT2D eigenvalue weighted by molar-refractivity contribution is -0.192. The molecule has 10 nitrogen and oxygen atoms in total. The third kappa shape index (κ3) is 12.8. The molecule has 0 heterocycles. The minimum atomic E-state index is -5.08. The molecule has 0 fully saturated rings. The van der Waals surface area contributed by atoms with E-state index in [1.807, 2.05) is 13.8 Å². The number of carbonyl (C=O) groups excluding carboxylic acids is 1. The predicted molar refractivity (Wildman–Crippen MR) is 110 cm³/mol. The average molecular weight is 522 g/mol. The Morgan fingerprint density at radius 3 is 2.03 bits per heavy atom. The van der Waals surface area contributed by atoms with Gasteiger partial charge in [0.1, 0.15) is 6.54 Å². The Morgan fingerprint density at radius 1 is 1.14 bits per heavy atom. The van der Waals surface area contributed by atoms with Crippen LogP contribution in [0.5, 0.6) is 0 Å². The number of carboxylic acids is 2. The number of guanidine groups is 1. The van der Waals surface area contributed by atoms with Gasteiger partial charge in [-0.2, -0.15) is 26.3 Å². The van der Waals surface area contributed by atoms with E-state index in [1.165, 1.54) is 13.0 Å². The Labute approximate surface area is 196 Å². The first-order valence-corrected chi connectivity index (χ1v) is 10.2. The third-order valence-corrected chi connectivity index (χ3v) is 4.50. The van der Waals surface area contributed by atoms with Gasteiger partial charge in [0.25, 0.3) is 0 Å². The number of alkyl halides is 6. The van der Waals surface area contributed by atoms with Crippen LogP contribution in [0.2, 0.25) is 0 Å². The molecule has 1 aliphatic carbocycles. The number of aliphatic imine (C=N–C) groups is 1. The minimum absolute atomic E-state index is 0.0127. The lowest BCUT2D eigenvalue weighted by Crippen LogP contribution is -2.60. The standard InChI is InChI=1S/C17H27F3N4O4.C2HF3O2/c1-4-11(5-2)28-13-7-10(15(26)27)6-12(14(13)23-9(3)25)24-16(21)22-8-17(18,19)20;3-2(4,5)1(6)7/h7,11-14H,4-6,8H2,1-3H3,(H,23,25)(H,26,27)(H3,21,22,24);(H,6,7)/t12-,13+,14+;/m0./s1. The highest BCUT2D eigenvalue weighted by atomic mass is 19.4. The number of carboxylic acid groups (broad SMARTS) is 2. The van der Waals surface area contributed by atoms with Crippen molar-refractivity contribution < 1.29 is 55.7 Å². The number of hydrogen-bond acceptors (Lipinski definition) is 5. The van der Waals surface area contributed by atoms with E-state index in [0.29, 0.717) is 12.8 Å². The van der Waals surface area contributed by atoms with E-state index in [0.717, 1.165) is 0 Å². The van der Waals surface area contributed by atoms with Gasteiger partial charge in [-0.25, -0.2) is 14.6 Å². The van der Waals surface area contributed by atoms with Crippen molar-refractivity contribution in [1.82, 2.24) is 10.6 Å². The first kappa shape index (κ1) is 32.0. The van der Waals surface area contributed by atoms with Gasteiger partial charge in [-0.1, -0.05) is 13.8 Å². The summed E-state index contributed by atoms with van der Waals surface area (Å²) in [6, 6.07) is -1.54. The molecule has 0 spiro atoms. The molecule has 6 N–H and O–H groups in total. The number of halogens is 6. The fraction of sp³-hybridized carbons (Fsp3) is 0.684. The SMILES string of the molecule is CCC(CC)O[C@@H]1C=C(C(=O)O)C[C@H](NC(N)=NCC(F)(F)F)[C@H]1NC(C)=O.O=C(O)C(F)(F)F. The predicted octanol–water partition coefficient (Wildman–Crippen LogP) is 1.95. The van der Waals surface area contributed by atoms with Gasteiger partial charge in [-0.15, -0.1) is 0 Å². The smallest absolute Gasteiger partial charge is 0.478 e. The van der Waals surface area contributed by atoms with Crippen molar-refractivity contribution in [3.8, 4) is 0 Å². The molecule has 16 heteroatoms. The van der Waals surface area contributed by atoms with Crippen molar-refractivity contribution in [3.63, 3.8) is 0 Å². The van der Waals surface area contributed by atoms with E-state index in [9.17, 15) is 41.0 Å². The Balaban J connectivity index is 0.00000143. The zero-order chi connectivity index (χ0) is 27.6. The average Bonchev–Trinajstić information content (AvgIpc) is 2.71. The van der Waals surface area contributed by atoms with Crippen LogP contribution < -0.4 is 16.4 Å². The highest BCUT2D eigenvalue weighted by Crippen LogP contribution is 2.24.